The Morgan fingerprint density at radius 3 is 2.75 bits per heavy atom. The summed E-state index contributed by atoms with van der Waals surface area (Å²) in [6.07, 6.45) is 3.76. The molecular formula is C12H20N4. The highest BCUT2D eigenvalue weighted by Crippen LogP contribution is 2.09. The van der Waals surface area contributed by atoms with Crippen LogP contribution in [0, 0.1) is 13.8 Å². The Bertz CT molecular complexity index is 325. The van der Waals surface area contributed by atoms with Crippen molar-refractivity contribution < 1.29 is 0 Å². The number of hydrogen-bond acceptors (Lipinski definition) is 4. The van der Waals surface area contributed by atoms with Crippen LogP contribution in [0.1, 0.15) is 30.7 Å². The Kier molecular flexibility index (Phi) is 3.72. The van der Waals surface area contributed by atoms with Crippen LogP contribution in [0.4, 0.5) is 5.95 Å². The summed E-state index contributed by atoms with van der Waals surface area (Å²) in [7, 11) is 0. The summed E-state index contributed by atoms with van der Waals surface area (Å²) in [6, 6.07) is 2.67. The van der Waals surface area contributed by atoms with Crippen LogP contribution in [0.15, 0.2) is 6.07 Å². The zero-order valence-corrected chi connectivity index (χ0v) is 10.1. The number of anilines is 1. The van der Waals surface area contributed by atoms with E-state index in [9.17, 15) is 0 Å². The molecule has 1 aromatic rings. The van der Waals surface area contributed by atoms with Gasteiger partial charge in [0.25, 0.3) is 0 Å². The lowest BCUT2D eigenvalue weighted by Crippen LogP contribution is -2.24. The number of nitrogens with one attached hydrogen (secondary N) is 2. The van der Waals surface area contributed by atoms with Gasteiger partial charge in [0.05, 0.1) is 0 Å². The maximum absolute atomic E-state index is 4.36. The molecule has 1 aliphatic rings. The molecule has 0 radical (unpaired) electrons. The minimum absolute atomic E-state index is 0.679. The quantitative estimate of drug-likeness (QED) is 0.810. The first-order chi connectivity index (χ1) is 7.74. The SMILES string of the molecule is Cc1cc(C)nc(NCC[C@@H]2CCCN2)n1. The van der Waals surface area contributed by atoms with Gasteiger partial charge in [-0.25, -0.2) is 9.97 Å². The first-order valence-electron chi connectivity index (χ1n) is 6.03. The molecule has 1 fully saturated rings. The van der Waals surface area contributed by atoms with Crippen LogP contribution in [-0.2, 0) is 0 Å². The van der Waals surface area contributed by atoms with Gasteiger partial charge in [-0.15, -0.1) is 0 Å². The lowest BCUT2D eigenvalue weighted by Gasteiger charge is -2.11. The van der Waals surface area contributed by atoms with Gasteiger partial charge in [0.2, 0.25) is 5.95 Å². The highest BCUT2D eigenvalue weighted by molar-refractivity contribution is 5.27. The van der Waals surface area contributed by atoms with Crippen molar-refractivity contribution in [3.05, 3.63) is 17.5 Å². The smallest absolute Gasteiger partial charge is 0.223 e. The van der Waals surface area contributed by atoms with Crippen LogP contribution in [0.3, 0.4) is 0 Å². The summed E-state index contributed by atoms with van der Waals surface area (Å²) in [4.78, 5) is 8.71. The number of rotatable bonds is 4. The molecule has 0 bridgehead atoms. The molecule has 0 spiro atoms. The molecule has 4 nitrogen and oxygen atoms in total. The summed E-state index contributed by atoms with van der Waals surface area (Å²) in [6.45, 7) is 6.11. The second-order valence-electron chi connectivity index (χ2n) is 4.48. The average molecular weight is 220 g/mol. The van der Waals surface area contributed by atoms with Crippen LogP contribution in [0.2, 0.25) is 0 Å². The van der Waals surface area contributed by atoms with Crippen LogP contribution in [-0.4, -0.2) is 29.1 Å². The Morgan fingerprint density at radius 2 is 2.12 bits per heavy atom. The molecule has 4 heteroatoms. The highest BCUT2D eigenvalue weighted by Gasteiger charge is 2.13. The summed E-state index contributed by atoms with van der Waals surface area (Å²) in [5, 5.41) is 6.78. The molecule has 88 valence electrons. The molecule has 0 saturated carbocycles. The predicted octanol–water partition coefficient (Wildman–Crippen LogP) is 1.65. The van der Waals surface area contributed by atoms with Crippen LogP contribution < -0.4 is 10.6 Å². The molecule has 1 atom stereocenters. The van der Waals surface area contributed by atoms with E-state index in [2.05, 4.69) is 20.6 Å². The van der Waals surface area contributed by atoms with E-state index in [4.69, 9.17) is 0 Å². The first kappa shape index (κ1) is 11.3. The summed E-state index contributed by atoms with van der Waals surface area (Å²) in [5.41, 5.74) is 2.04. The van der Waals surface area contributed by atoms with Gasteiger partial charge in [0, 0.05) is 24.0 Å². The van der Waals surface area contributed by atoms with E-state index < -0.39 is 0 Å². The molecule has 0 aliphatic carbocycles. The van der Waals surface area contributed by atoms with E-state index >= 15 is 0 Å². The maximum Gasteiger partial charge on any atom is 0.223 e. The largest absolute Gasteiger partial charge is 0.354 e. The lowest BCUT2D eigenvalue weighted by molar-refractivity contribution is 0.573. The van der Waals surface area contributed by atoms with E-state index in [-0.39, 0.29) is 0 Å². The van der Waals surface area contributed by atoms with E-state index in [0.29, 0.717) is 6.04 Å². The molecule has 2 heterocycles. The van der Waals surface area contributed by atoms with Gasteiger partial charge in [-0.2, -0.15) is 0 Å². The minimum atomic E-state index is 0.679. The fourth-order valence-corrected chi connectivity index (χ4v) is 2.17. The van der Waals surface area contributed by atoms with Gasteiger partial charge in [0.1, 0.15) is 0 Å². The molecule has 0 amide bonds. The third-order valence-corrected chi connectivity index (χ3v) is 2.92. The molecule has 2 rings (SSSR count). The van der Waals surface area contributed by atoms with Crippen LogP contribution in [0.5, 0.6) is 0 Å². The van der Waals surface area contributed by atoms with Crippen molar-refractivity contribution in [2.75, 3.05) is 18.4 Å². The fourth-order valence-electron chi connectivity index (χ4n) is 2.17. The second kappa shape index (κ2) is 5.25. The first-order valence-corrected chi connectivity index (χ1v) is 6.03. The van der Waals surface area contributed by atoms with Gasteiger partial charge in [-0.05, 0) is 45.7 Å². The highest BCUT2D eigenvalue weighted by atomic mass is 15.1. The molecule has 2 N–H and O–H groups in total. The number of aromatic nitrogens is 2. The summed E-state index contributed by atoms with van der Waals surface area (Å²) >= 11 is 0. The zero-order chi connectivity index (χ0) is 11.4. The number of hydrogen-bond donors (Lipinski definition) is 2. The van der Waals surface area contributed by atoms with Crippen molar-refractivity contribution in [2.45, 2.75) is 39.2 Å². The molecule has 1 aliphatic heterocycles. The fraction of sp³-hybridized carbons (Fsp3) is 0.667. The van der Waals surface area contributed by atoms with Crippen molar-refractivity contribution in [3.63, 3.8) is 0 Å². The Morgan fingerprint density at radius 1 is 1.38 bits per heavy atom. The third kappa shape index (κ3) is 3.17. The molecule has 16 heavy (non-hydrogen) atoms. The van der Waals surface area contributed by atoms with Gasteiger partial charge >= 0.3 is 0 Å². The van der Waals surface area contributed by atoms with Crippen molar-refractivity contribution in [1.29, 1.82) is 0 Å². The lowest BCUT2D eigenvalue weighted by atomic mass is 10.1. The molecule has 1 aromatic heterocycles. The number of aryl methyl sites for hydroxylation is 2. The third-order valence-electron chi connectivity index (χ3n) is 2.92. The average Bonchev–Trinajstić information content (AvgIpc) is 2.69. The van der Waals surface area contributed by atoms with Gasteiger partial charge in [-0.1, -0.05) is 0 Å². The van der Waals surface area contributed by atoms with Gasteiger partial charge in [0.15, 0.2) is 0 Å². The molecule has 0 aromatic carbocycles. The van der Waals surface area contributed by atoms with E-state index in [0.717, 1.165) is 30.3 Å². The monoisotopic (exact) mass is 220 g/mol. The van der Waals surface area contributed by atoms with Gasteiger partial charge < -0.3 is 10.6 Å². The van der Waals surface area contributed by atoms with Crippen molar-refractivity contribution in [2.24, 2.45) is 0 Å². The normalized spacial score (nSPS) is 20.0. The summed E-state index contributed by atoms with van der Waals surface area (Å²) < 4.78 is 0. The van der Waals surface area contributed by atoms with Crippen molar-refractivity contribution in [3.8, 4) is 0 Å². The standard InChI is InChI=1S/C12H20N4/c1-9-8-10(2)16-12(15-9)14-7-5-11-4-3-6-13-11/h8,11,13H,3-7H2,1-2H3,(H,14,15,16)/t11-/m0/s1. The Labute approximate surface area is 96.9 Å². The van der Waals surface area contributed by atoms with Crippen molar-refractivity contribution in [1.82, 2.24) is 15.3 Å². The van der Waals surface area contributed by atoms with Crippen LogP contribution >= 0.6 is 0 Å². The zero-order valence-electron chi connectivity index (χ0n) is 10.1. The van der Waals surface area contributed by atoms with E-state index in [1.807, 2.05) is 19.9 Å². The molecule has 1 saturated heterocycles. The Balaban J connectivity index is 1.80. The maximum atomic E-state index is 4.36. The minimum Gasteiger partial charge on any atom is -0.354 e. The van der Waals surface area contributed by atoms with E-state index in [1.165, 1.54) is 19.4 Å². The van der Waals surface area contributed by atoms with Gasteiger partial charge in [-0.3, -0.25) is 0 Å². The second-order valence-corrected chi connectivity index (χ2v) is 4.48. The van der Waals surface area contributed by atoms with Crippen molar-refractivity contribution >= 4 is 5.95 Å². The molecule has 0 unspecified atom stereocenters. The Hall–Kier alpha value is -1.16. The van der Waals surface area contributed by atoms with Crippen LogP contribution in [0.25, 0.3) is 0 Å². The summed E-state index contributed by atoms with van der Waals surface area (Å²) in [5.74, 6) is 0.760. The predicted molar refractivity (Wildman–Crippen MR) is 65.6 cm³/mol. The topological polar surface area (TPSA) is 49.8 Å². The molecular weight excluding hydrogens is 200 g/mol. The number of nitrogens with zero attached hydrogens (tertiary/aromatic N) is 2. The van der Waals surface area contributed by atoms with E-state index in [1.54, 1.807) is 0 Å².